The van der Waals surface area contributed by atoms with Gasteiger partial charge in [-0.15, -0.1) is 11.3 Å². The molecule has 4 rings (SSSR count). The van der Waals surface area contributed by atoms with Crippen molar-refractivity contribution in [3.63, 3.8) is 0 Å². The molecule has 2 N–H and O–H groups in total. The van der Waals surface area contributed by atoms with Gasteiger partial charge in [0.25, 0.3) is 0 Å². The zero-order valence-electron chi connectivity index (χ0n) is 15.4. The average molecular weight is 390 g/mol. The molecule has 0 radical (unpaired) electrons. The van der Waals surface area contributed by atoms with Gasteiger partial charge in [0.1, 0.15) is 15.5 Å². The summed E-state index contributed by atoms with van der Waals surface area (Å²) in [6.07, 6.45) is 0. The van der Waals surface area contributed by atoms with Gasteiger partial charge in [0.15, 0.2) is 0 Å². The fraction of sp³-hybridized carbons (Fsp3) is 0.0909. The molecule has 0 spiro atoms. The van der Waals surface area contributed by atoms with Crippen LogP contribution in [-0.4, -0.2) is 25.2 Å². The molecular weight excluding hydrogens is 372 g/mol. The summed E-state index contributed by atoms with van der Waals surface area (Å²) in [7, 11) is 2.98. The number of nitrogen functional groups attached to an aromatic ring is 1. The highest BCUT2D eigenvalue weighted by molar-refractivity contribution is 7.21. The Bertz CT molecular complexity index is 1150. The minimum Gasteiger partial charge on any atom is -0.497 e. The molecule has 28 heavy (non-hydrogen) atoms. The van der Waals surface area contributed by atoms with E-state index in [0.717, 1.165) is 33.5 Å². The van der Waals surface area contributed by atoms with E-state index < -0.39 is 5.97 Å². The third kappa shape index (κ3) is 3.08. The van der Waals surface area contributed by atoms with Crippen LogP contribution in [0.4, 0.5) is 5.69 Å². The van der Waals surface area contributed by atoms with Crippen LogP contribution in [0.3, 0.4) is 0 Å². The summed E-state index contributed by atoms with van der Waals surface area (Å²) in [5, 5.41) is 0.772. The third-order valence-corrected chi connectivity index (χ3v) is 5.62. The predicted octanol–water partition coefficient (Wildman–Crippen LogP) is 5.01. The Kier molecular flexibility index (Phi) is 4.71. The molecule has 0 saturated heterocycles. The van der Waals surface area contributed by atoms with E-state index in [1.807, 2.05) is 60.7 Å². The van der Waals surface area contributed by atoms with Crippen molar-refractivity contribution in [1.29, 1.82) is 0 Å². The highest BCUT2D eigenvalue weighted by atomic mass is 32.1. The van der Waals surface area contributed by atoms with Crippen LogP contribution in [0, 0.1) is 0 Å². The fourth-order valence-electron chi connectivity index (χ4n) is 3.12. The fourth-order valence-corrected chi connectivity index (χ4v) is 4.16. The lowest BCUT2D eigenvalue weighted by Gasteiger charge is -2.09. The number of carbonyl (C=O) groups excluding carboxylic acids is 1. The summed E-state index contributed by atoms with van der Waals surface area (Å²) in [6, 6.07) is 19.6. The van der Waals surface area contributed by atoms with Gasteiger partial charge < -0.3 is 15.2 Å². The van der Waals surface area contributed by atoms with Crippen LogP contribution in [0.1, 0.15) is 9.67 Å². The molecule has 2 aromatic carbocycles. The van der Waals surface area contributed by atoms with Crippen LogP contribution in [-0.2, 0) is 4.74 Å². The number of thiophene rings is 1. The number of anilines is 1. The molecule has 140 valence electrons. The second kappa shape index (κ2) is 7.32. The van der Waals surface area contributed by atoms with Gasteiger partial charge in [-0.3, -0.25) is 0 Å². The Balaban J connectivity index is 1.99. The number of nitrogens with zero attached hydrogens (tertiary/aromatic N) is 1. The molecule has 0 saturated carbocycles. The normalized spacial score (nSPS) is 10.8. The van der Waals surface area contributed by atoms with Gasteiger partial charge in [-0.05, 0) is 41.5 Å². The van der Waals surface area contributed by atoms with Crippen molar-refractivity contribution >= 4 is 33.2 Å². The van der Waals surface area contributed by atoms with Crippen LogP contribution >= 0.6 is 11.3 Å². The molecule has 6 heteroatoms. The van der Waals surface area contributed by atoms with Crippen LogP contribution in [0.25, 0.3) is 32.6 Å². The smallest absolute Gasteiger partial charge is 0.350 e. The van der Waals surface area contributed by atoms with Crippen molar-refractivity contribution in [2.45, 2.75) is 0 Å². The van der Waals surface area contributed by atoms with Crippen molar-refractivity contribution < 1.29 is 14.3 Å². The van der Waals surface area contributed by atoms with Crippen LogP contribution in [0.15, 0.2) is 60.7 Å². The third-order valence-electron chi connectivity index (χ3n) is 4.54. The monoisotopic (exact) mass is 390 g/mol. The van der Waals surface area contributed by atoms with E-state index in [2.05, 4.69) is 0 Å². The van der Waals surface area contributed by atoms with Crippen molar-refractivity contribution in [3.05, 3.63) is 65.5 Å². The summed E-state index contributed by atoms with van der Waals surface area (Å²) in [4.78, 5) is 18.0. The first-order valence-corrected chi connectivity index (χ1v) is 9.45. The minimum atomic E-state index is -0.453. The molecule has 0 amide bonds. The number of aromatic nitrogens is 1. The first-order chi connectivity index (χ1) is 13.6. The van der Waals surface area contributed by atoms with E-state index in [1.165, 1.54) is 18.4 Å². The quantitative estimate of drug-likeness (QED) is 0.496. The van der Waals surface area contributed by atoms with Gasteiger partial charge in [0, 0.05) is 10.9 Å². The Labute approximate surface area is 166 Å². The topological polar surface area (TPSA) is 74.4 Å². The number of carbonyl (C=O) groups is 1. The van der Waals surface area contributed by atoms with E-state index in [1.54, 1.807) is 7.11 Å². The maximum atomic E-state index is 12.1. The number of rotatable bonds is 4. The molecule has 0 bridgehead atoms. The number of benzene rings is 2. The summed E-state index contributed by atoms with van der Waals surface area (Å²) in [5.74, 6) is 0.326. The van der Waals surface area contributed by atoms with E-state index in [-0.39, 0.29) is 0 Å². The van der Waals surface area contributed by atoms with Crippen LogP contribution in [0.5, 0.6) is 5.75 Å². The Morgan fingerprint density at radius 1 is 1.00 bits per heavy atom. The first-order valence-electron chi connectivity index (χ1n) is 8.63. The van der Waals surface area contributed by atoms with E-state index >= 15 is 0 Å². The Morgan fingerprint density at radius 2 is 1.71 bits per heavy atom. The number of hydrogen-bond donors (Lipinski definition) is 1. The molecular formula is C22H18N2O3S. The van der Waals surface area contributed by atoms with Gasteiger partial charge >= 0.3 is 5.97 Å². The van der Waals surface area contributed by atoms with Gasteiger partial charge in [0.2, 0.25) is 0 Å². The zero-order valence-corrected chi connectivity index (χ0v) is 16.2. The van der Waals surface area contributed by atoms with Crippen LogP contribution in [0.2, 0.25) is 0 Å². The number of ether oxygens (including phenoxy) is 2. The average Bonchev–Trinajstić information content (AvgIpc) is 3.09. The first kappa shape index (κ1) is 18.0. The minimum absolute atomic E-state index is 0.370. The lowest BCUT2D eigenvalue weighted by Crippen LogP contribution is -2.01. The molecule has 0 aliphatic heterocycles. The molecule has 0 unspecified atom stereocenters. The number of esters is 1. The highest BCUT2D eigenvalue weighted by Crippen LogP contribution is 2.41. The van der Waals surface area contributed by atoms with Crippen molar-refractivity contribution in [2.24, 2.45) is 0 Å². The van der Waals surface area contributed by atoms with E-state index in [4.69, 9.17) is 20.2 Å². The standard InChI is InChI=1S/C22H18N2O3S/c1-26-15-10-8-14(9-11-15)17-12-16(13-6-4-3-5-7-13)18-19(23)20(22(25)27-2)28-21(18)24-17/h3-12H,23H2,1-2H3. The van der Waals surface area contributed by atoms with Crippen molar-refractivity contribution in [1.82, 2.24) is 4.98 Å². The van der Waals surface area contributed by atoms with Crippen LogP contribution < -0.4 is 10.5 Å². The Hall–Kier alpha value is -3.38. The maximum absolute atomic E-state index is 12.1. The highest BCUT2D eigenvalue weighted by Gasteiger charge is 2.22. The molecule has 4 aromatic rings. The summed E-state index contributed by atoms with van der Waals surface area (Å²) >= 11 is 1.25. The number of fused-ring (bicyclic) bond motifs is 1. The van der Waals surface area contributed by atoms with Crippen molar-refractivity contribution in [2.75, 3.05) is 20.0 Å². The summed E-state index contributed by atoms with van der Waals surface area (Å²) in [5.41, 5.74) is 10.4. The molecule has 0 aliphatic rings. The maximum Gasteiger partial charge on any atom is 0.350 e. The van der Waals surface area contributed by atoms with Gasteiger partial charge in [0.05, 0.1) is 25.6 Å². The molecule has 5 nitrogen and oxygen atoms in total. The largest absolute Gasteiger partial charge is 0.497 e. The molecule has 0 aliphatic carbocycles. The lowest BCUT2D eigenvalue weighted by atomic mass is 9.99. The van der Waals surface area contributed by atoms with Crippen molar-refractivity contribution in [3.8, 4) is 28.1 Å². The zero-order chi connectivity index (χ0) is 19.7. The molecule has 0 atom stereocenters. The molecule has 2 aromatic heterocycles. The number of hydrogen-bond acceptors (Lipinski definition) is 6. The van der Waals surface area contributed by atoms with E-state index in [0.29, 0.717) is 15.4 Å². The Morgan fingerprint density at radius 3 is 2.36 bits per heavy atom. The number of methoxy groups -OCH3 is 2. The number of nitrogens with two attached hydrogens (primary N) is 1. The second-order valence-electron chi connectivity index (χ2n) is 6.17. The molecule has 2 heterocycles. The lowest BCUT2D eigenvalue weighted by molar-refractivity contribution is 0.0607. The van der Waals surface area contributed by atoms with Gasteiger partial charge in [-0.1, -0.05) is 30.3 Å². The SMILES string of the molecule is COC(=O)c1sc2nc(-c3ccc(OC)cc3)cc(-c3ccccc3)c2c1N. The van der Waals surface area contributed by atoms with Gasteiger partial charge in [-0.2, -0.15) is 0 Å². The molecule has 0 fully saturated rings. The van der Waals surface area contributed by atoms with E-state index in [9.17, 15) is 4.79 Å². The predicted molar refractivity (Wildman–Crippen MR) is 113 cm³/mol. The summed E-state index contributed by atoms with van der Waals surface area (Å²) < 4.78 is 10.1. The number of pyridine rings is 1. The second-order valence-corrected chi connectivity index (χ2v) is 7.17. The van der Waals surface area contributed by atoms with Gasteiger partial charge in [-0.25, -0.2) is 9.78 Å². The summed E-state index contributed by atoms with van der Waals surface area (Å²) in [6.45, 7) is 0.